The monoisotopic (exact) mass is 594 g/mol. The Hall–Kier alpha value is -3.81. The van der Waals surface area contributed by atoms with Crippen molar-refractivity contribution in [2.45, 2.75) is 57.9 Å². The van der Waals surface area contributed by atoms with Crippen LogP contribution in [0.3, 0.4) is 0 Å². The summed E-state index contributed by atoms with van der Waals surface area (Å²) >= 11 is 1.37. The van der Waals surface area contributed by atoms with Gasteiger partial charge in [0.1, 0.15) is 11.9 Å². The van der Waals surface area contributed by atoms with Crippen LogP contribution >= 0.6 is 11.3 Å². The number of nitrogens with zero attached hydrogens (tertiary/aromatic N) is 2. The fourth-order valence-corrected chi connectivity index (χ4v) is 6.83. The fraction of sp³-hybridized carbons (Fsp3) is 0.333. The molecule has 0 spiro atoms. The second-order valence-corrected chi connectivity index (χ2v) is 12.4. The number of hydrogen-bond acceptors (Lipinski definition) is 5. The summed E-state index contributed by atoms with van der Waals surface area (Å²) in [7, 11) is 0. The third kappa shape index (κ3) is 6.73. The van der Waals surface area contributed by atoms with Crippen LogP contribution in [-0.4, -0.2) is 28.9 Å². The second-order valence-electron chi connectivity index (χ2n) is 11.5. The van der Waals surface area contributed by atoms with Gasteiger partial charge in [0.25, 0.3) is 5.91 Å². The molecule has 1 amide bonds. The highest BCUT2D eigenvalue weighted by atomic mass is 32.1. The minimum Gasteiger partial charge on any atom is -0.331 e. The number of allylic oxidation sites excluding steroid dienone is 5. The number of amides is 1. The van der Waals surface area contributed by atoms with Crippen molar-refractivity contribution in [1.29, 1.82) is 0 Å². The Morgan fingerprint density at radius 1 is 1.21 bits per heavy atom. The lowest BCUT2D eigenvalue weighted by Crippen LogP contribution is -2.35. The Labute approximate surface area is 257 Å². The van der Waals surface area contributed by atoms with Crippen LogP contribution in [-0.2, 0) is 11.2 Å². The molecule has 43 heavy (non-hydrogen) atoms. The molecule has 0 radical (unpaired) electrons. The third-order valence-electron chi connectivity index (χ3n) is 8.61. The molecular formula is C36H39FN4OS. The van der Waals surface area contributed by atoms with Crippen molar-refractivity contribution in [3.63, 3.8) is 0 Å². The molecule has 3 heterocycles. The lowest BCUT2D eigenvalue weighted by Gasteiger charge is -2.38. The van der Waals surface area contributed by atoms with Crippen LogP contribution in [0.4, 0.5) is 9.52 Å². The van der Waals surface area contributed by atoms with E-state index in [1.165, 1.54) is 53.0 Å². The summed E-state index contributed by atoms with van der Waals surface area (Å²) in [5.74, 6) is 0.0297. The minimum atomic E-state index is -0.748. The van der Waals surface area contributed by atoms with Crippen molar-refractivity contribution < 1.29 is 9.18 Å². The van der Waals surface area contributed by atoms with Crippen LogP contribution in [0.25, 0.3) is 11.8 Å². The first-order valence-electron chi connectivity index (χ1n) is 15.5. The Morgan fingerprint density at radius 3 is 2.79 bits per heavy atom. The number of carbonyl (C=O) groups excluding carboxylic acids is 1. The fourth-order valence-electron chi connectivity index (χ4n) is 6.30. The number of carbonyl (C=O) groups is 1. The number of anilines is 1. The molecule has 3 aromatic rings. The summed E-state index contributed by atoms with van der Waals surface area (Å²) in [4.78, 5) is 20.2. The van der Waals surface area contributed by atoms with Crippen LogP contribution in [0.2, 0.25) is 0 Å². The average molecular weight is 595 g/mol. The summed E-state index contributed by atoms with van der Waals surface area (Å²) < 4.78 is 14.5. The van der Waals surface area contributed by atoms with E-state index in [0.29, 0.717) is 16.6 Å². The maximum Gasteiger partial charge on any atom is 0.253 e. The van der Waals surface area contributed by atoms with Gasteiger partial charge in [0.05, 0.1) is 0 Å². The summed E-state index contributed by atoms with van der Waals surface area (Å²) in [6.07, 6.45) is 20.1. The van der Waals surface area contributed by atoms with Gasteiger partial charge in [-0.05, 0) is 116 Å². The van der Waals surface area contributed by atoms with E-state index in [4.69, 9.17) is 0 Å². The number of fused-ring (bicyclic) bond motifs is 1. The second kappa shape index (κ2) is 13.7. The highest BCUT2D eigenvalue weighted by Crippen LogP contribution is 2.44. The topological polar surface area (TPSA) is 57.3 Å². The highest BCUT2D eigenvalue weighted by Gasteiger charge is 2.34. The molecule has 222 valence electrons. The minimum absolute atomic E-state index is 0.238. The summed E-state index contributed by atoms with van der Waals surface area (Å²) in [5.41, 5.74) is 7.97. The number of hydrogen-bond donors (Lipinski definition) is 2. The number of rotatable bonds is 9. The predicted molar refractivity (Wildman–Crippen MR) is 175 cm³/mol. The molecule has 2 fully saturated rings. The Bertz CT molecular complexity index is 1560. The zero-order valence-corrected chi connectivity index (χ0v) is 25.5. The summed E-state index contributed by atoms with van der Waals surface area (Å²) in [6.45, 7) is 4.39. The molecule has 6 rings (SSSR count). The Balaban J connectivity index is 1.32. The third-order valence-corrected chi connectivity index (χ3v) is 9.29. The van der Waals surface area contributed by atoms with Gasteiger partial charge in [-0.3, -0.25) is 10.1 Å². The first-order valence-corrected chi connectivity index (χ1v) is 16.3. The van der Waals surface area contributed by atoms with Crippen molar-refractivity contribution in [3.05, 3.63) is 118 Å². The predicted octanol–water partition coefficient (Wildman–Crippen LogP) is 8.28. The molecule has 1 aromatic heterocycles. The van der Waals surface area contributed by atoms with E-state index in [2.05, 4.69) is 65.0 Å². The van der Waals surface area contributed by atoms with E-state index in [0.717, 1.165) is 62.0 Å². The van der Waals surface area contributed by atoms with Crippen molar-refractivity contribution in [3.8, 4) is 0 Å². The molecule has 2 aliphatic heterocycles. The van der Waals surface area contributed by atoms with Crippen LogP contribution in [0.1, 0.15) is 73.7 Å². The van der Waals surface area contributed by atoms with Crippen LogP contribution in [0.5, 0.6) is 0 Å². The maximum absolute atomic E-state index is 14.5. The van der Waals surface area contributed by atoms with Crippen LogP contribution in [0, 0.1) is 11.7 Å². The first-order chi connectivity index (χ1) is 21.1. The summed E-state index contributed by atoms with van der Waals surface area (Å²) in [6, 6.07) is 12.3. The molecule has 1 saturated carbocycles. The van der Waals surface area contributed by atoms with E-state index in [-0.39, 0.29) is 11.7 Å². The Kier molecular flexibility index (Phi) is 9.30. The van der Waals surface area contributed by atoms with Gasteiger partial charge < -0.3 is 10.2 Å². The molecule has 1 aliphatic carbocycles. The molecule has 0 bridgehead atoms. The average Bonchev–Trinajstić information content (AvgIpc) is 3.50. The molecular weight excluding hydrogens is 555 g/mol. The van der Waals surface area contributed by atoms with Gasteiger partial charge in [0, 0.05) is 29.0 Å². The van der Waals surface area contributed by atoms with E-state index >= 15 is 0 Å². The molecule has 7 heteroatoms. The van der Waals surface area contributed by atoms with Crippen LogP contribution in [0.15, 0.2) is 89.6 Å². The smallest absolute Gasteiger partial charge is 0.253 e. The molecule has 1 saturated heterocycles. The quantitative estimate of drug-likeness (QED) is 0.245. The van der Waals surface area contributed by atoms with E-state index in [1.54, 1.807) is 12.3 Å². The van der Waals surface area contributed by atoms with Gasteiger partial charge in [-0.2, -0.15) is 0 Å². The standard InChI is InChI=1S/C36H39FN4OS/c1-2-6-26(27-15-18-38-19-16-27)8-3-7-25-13-14-28-17-21-41(33(32(28)23-25)29-9-4-10-29)34(30-11-5-12-31(37)24-30)35(42)40-36-39-20-22-43-36/h3,5-6,8,11-14,17,20-24,27,34,38H,2,4,7,9-10,15-16,18-19H2,1H3,(H,39,40,42)/b8-3-,26-6+. The number of nitrogens with one attached hydrogen (secondary N) is 2. The first kappa shape index (κ1) is 29.3. The van der Waals surface area contributed by atoms with E-state index in [1.807, 2.05) is 22.5 Å². The SMILES string of the molecule is CC/C=C(\C=C/Cc1ccc2c(c1)C(=C1CCC1)N(C(C(=O)Nc1nccs1)c1cccc(F)c1)C=C2)C1CCNCC1. The Morgan fingerprint density at radius 2 is 2.07 bits per heavy atom. The van der Waals surface area contributed by atoms with E-state index in [9.17, 15) is 9.18 Å². The molecule has 2 N–H and O–H groups in total. The van der Waals surface area contributed by atoms with Gasteiger partial charge in [0.15, 0.2) is 5.13 Å². The van der Waals surface area contributed by atoms with Gasteiger partial charge in [-0.25, -0.2) is 9.37 Å². The highest BCUT2D eigenvalue weighted by molar-refractivity contribution is 7.13. The van der Waals surface area contributed by atoms with Crippen molar-refractivity contribution >= 4 is 34.1 Å². The largest absolute Gasteiger partial charge is 0.331 e. The number of aromatic nitrogens is 1. The molecule has 1 unspecified atom stereocenters. The maximum atomic E-state index is 14.5. The van der Waals surface area contributed by atoms with Crippen molar-refractivity contribution in [1.82, 2.24) is 15.2 Å². The molecule has 5 nitrogen and oxygen atoms in total. The van der Waals surface area contributed by atoms with E-state index < -0.39 is 6.04 Å². The van der Waals surface area contributed by atoms with Gasteiger partial charge in [-0.15, -0.1) is 11.3 Å². The number of benzene rings is 2. The normalized spacial score (nSPS) is 18.1. The number of halogens is 1. The van der Waals surface area contributed by atoms with Crippen molar-refractivity contribution in [2.24, 2.45) is 5.92 Å². The zero-order valence-electron chi connectivity index (χ0n) is 24.7. The molecule has 2 aromatic carbocycles. The molecule has 1 atom stereocenters. The van der Waals surface area contributed by atoms with Gasteiger partial charge in [-0.1, -0.05) is 49.4 Å². The molecule has 3 aliphatic rings. The lowest BCUT2D eigenvalue weighted by atomic mass is 9.84. The zero-order chi connectivity index (χ0) is 29.6. The summed E-state index contributed by atoms with van der Waals surface area (Å²) in [5, 5.41) is 8.81. The number of piperidine rings is 1. The van der Waals surface area contributed by atoms with Gasteiger partial charge >= 0.3 is 0 Å². The van der Waals surface area contributed by atoms with Crippen LogP contribution < -0.4 is 10.6 Å². The number of thiazole rings is 1. The van der Waals surface area contributed by atoms with Gasteiger partial charge in [0.2, 0.25) is 0 Å². The lowest BCUT2D eigenvalue weighted by molar-refractivity contribution is -0.119. The van der Waals surface area contributed by atoms with Crippen molar-refractivity contribution in [2.75, 3.05) is 18.4 Å².